The van der Waals surface area contributed by atoms with Crippen molar-refractivity contribution in [2.75, 3.05) is 32.6 Å². The number of thioether (sulfide) groups is 1. The highest BCUT2D eigenvalue weighted by Gasteiger charge is 2.07. The molecule has 0 aliphatic carbocycles. The zero-order valence-electron chi connectivity index (χ0n) is 11.5. The first-order valence-corrected chi connectivity index (χ1v) is 7.75. The molecule has 0 aliphatic heterocycles. The van der Waals surface area contributed by atoms with E-state index in [1.165, 1.54) is 10.5 Å². The summed E-state index contributed by atoms with van der Waals surface area (Å²) in [4.78, 5) is 1.18. The monoisotopic (exact) mass is 303 g/mol. The Morgan fingerprint density at radius 2 is 2.26 bits per heavy atom. The Bertz CT molecular complexity index is 376. The van der Waals surface area contributed by atoms with Crippen LogP contribution in [0.1, 0.15) is 12.5 Å². The van der Waals surface area contributed by atoms with Crippen molar-refractivity contribution >= 4 is 23.4 Å². The minimum atomic E-state index is 0.217. The normalized spacial score (nSPS) is 12.6. The molecule has 108 valence electrons. The summed E-state index contributed by atoms with van der Waals surface area (Å²) in [6.45, 7) is 4.59. The highest BCUT2D eigenvalue weighted by atomic mass is 35.5. The fourth-order valence-corrected chi connectivity index (χ4v) is 2.83. The quantitative estimate of drug-likeness (QED) is 0.544. The van der Waals surface area contributed by atoms with Crippen LogP contribution >= 0.6 is 23.4 Å². The number of hydrogen-bond acceptors (Lipinski definition) is 4. The standard InChI is InChI=1S/C14H22ClNO2S/c1-11(9-17)10-19-14-7-13(15)4-3-12(14)8-16-5-6-18-2/h3-4,7,11,16-17H,5-6,8-10H2,1-2H3. The maximum absolute atomic E-state index is 9.07. The van der Waals surface area contributed by atoms with Gasteiger partial charge in [-0.1, -0.05) is 24.6 Å². The van der Waals surface area contributed by atoms with Gasteiger partial charge in [0.05, 0.1) is 6.61 Å². The molecule has 1 aromatic rings. The van der Waals surface area contributed by atoms with E-state index in [4.69, 9.17) is 21.4 Å². The second kappa shape index (κ2) is 9.61. The number of ether oxygens (including phenoxy) is 1. The van der Waals surface area contributed by atoms with E-state index in [1.807, 2.05) is 25.1 Å². The van der Waals surface area contributed by atoms with Crippen LogP contribution in [0.15, 0.2) is 23.1 Å². The molecule has 0 radical (unpaired) electrons. The average molecular weight is 304 g/mol. The molecule has 19 heavy (non-hydrogen) atoms. The number of halogens is 1. The lowest BCUT2D eigenvalue weighted by Crippen LogP contribution is -2.19. The molecule has 0 spiro atoms. The van der Waals surface area contributed by atoms with Crippen LogP contribution in [0, 0.1) is 5.92 Å². The first kappa shape index (κ1) is 16.8. The molecule has 0 aromatic heterocycles. The van der Waals surface area contributed by atoms with Crippen molar-refractivity contribution in [3.63, 3.8) is 0 Å². The Morgan fingerprint density at radius 3 is 2.95 bits per heavy atom. The zero-order valence-corrected chi connectivity index (χ0v) is 13.1. The molecule has 0 heterocycles. The fourth-order valence-electron chi connectivity index (χ4n) is 1.49. The molecule has 1 aromatic carbocycles. The summed E-state index contributed by atoms with van der Waals surface area (Å²) in [5.74, 6) is 1.18. The van der Waals surface area contributed by atoms with E-state index in [2.05, 4.69) is 5.32 Å². The predicted molar refractivity (Wildman–Crippen MR) is 82.0 cm³/mol. The minimum Gasteiger partial charge on any atom is -0.396 e. The van der Waals surface area contributed by atoms with Gasteiger partial charge in [-0.3, -0.25) is 0 Å². The van der Waals surface area contributed by atoms with Gasteiger partial charge in [0.1, 0.15) is 0 Å². The molecule has 0 fully saturated rings. The van der Waals surface area contributed by atoms with Crippen molar-refractivity contribution in [3.8, 4) is 0 Å². The second-order valence-corrected chi connectivity index (χ2v) is 6.02. The second-order valence-electron chi connectivity index (χ2n) is 4.52. The van der Waals surface area contributed by atoms with Crippen molar-refractivity contribution in [1.82, 2.24) is 5.32 Å². The lowest BCUT2D eigenvalue weighted by molar-refractivity contribution is 0.199. The van der Waals surface area contributed by atoms with Gasteiger partial charge in [0, 0.05) is 42.5 Å². The van der Waals surface area contributed by atoms with E-state index in [0.717, 1.165) is 23.9 Å². The Kier molecular flexibility index (Phi) is 8.50. The Hall–Kier alpha value is -0.260. The number of aliphatic hydroxyl groups is 1. The molecule has 1 rings (SSSR count). The van der Waals surface area contributed by atoms with Crippen LogP contribution in [-0.2, 0) is 11.3 Å². The first-order valence-electron chi connectivity index (χ1n) is 6.39. The predicted octanol–water partition coefficient (Wildman–Crippen LogP) is 2.80. The lowest BCUT2D eigenvalue weighted by atomic mass is 10.2. The molecule has 1 unspecified atom stereocenters. The van der Waals surface area contributed by atoms with E-state index < -0.39 is 0 Å². The smallest absolute Gasteiger partial charge is 0.0587 e. The van der Waals surface area contributed by atoms with Crippen LogP contribution in [-0.4, -0.2) is 37.7 Å². The third-order valence-electron chi connectivity index (χ3n) is 2.66. The van der Waals surface area contributed by atoms with Crippen LogP contribution in [0.5, 0.6) is 0 Å². The SMILES string of the molecule is COCCNCc1ccc(Cl)cc1SCC(C)CO. The van der Waals surface area contributed by atoms with Gasteiger partial charge in [-0.25, -0.2) is 0 Å². The molecule has 3 nitrogen and oxygen atoms in total. The van der Waals surface area contributed by atoms with Gasteiger partial charge in [0.15, 0.2) is 0 Å². The van der Waals surface area contributed by atoms with Crippen molar-refractivity contribution in [3.05, 3.63) is 28.8 Å². The fraction of sp³-hybridized carbons (Fsp3) is 0.571. The molecule has 0 saturated carbocycles. The van der Waals surface area contributed by atoms with Crippen LogP contribution in [0.2, 0.25) is 5.02 Å². The van der Waals surface area contributed by atoms with E-state index in [9.17, 15) is 0 Å². The third-order valence-corrected chi connectivity index (χ3v) is 4.32. The number of benzene rings is 1. The number of rotatable bonds is 9. The van der Waals surface area contributed by atoms with Gasteiger partial charge in [0.25, 0.3) is 0 Å². The number of aliphatic hydroxyl groups excluding tert-OH is 1. The first-order chi connectivity index (χ1) is 9.17. The summed E-state index contributed by atoms with van der Waals surface area (Å²) < 4.78 is 5.01. The van der Waals surface area contributed by atoms with Gasteiger partial charge in [-0.2, -0.15) is 0 Å². The summed E-state index contributed by atoms with van der Waals surface area (Å²) in [6, 6.07) is 5.95. The molecule has 0 bridgehead atoms. The Labute approximate surface area is 124 Å². The van der Waals surface area contributed by atoms with E-state index in [0.29, 0.717) is 12.5 Å². The highest BCUT2D eigenvalue weighted by Crippen LogP contribution is 2.27. The maximum atomic E-state index is 9.07. The molecule has 0 aliphatic rings. The molecule has 0 amide bonds. The lowest BCUT2D eigenvalue weighted by Gasteiger charge is -2.13. The number of nitrogens with one attached hydrogen (secondary N) is 1. The largest absolute Gasteiger partial charge is 0.396 e. The van der Waals surface area contributed by atoms with Crippen LogP contribution in [0.25, 0.3) is 0 Å². The van der Waals surface area contributed by atoms with E-state index in [1.54, 1.807) is 18.9 Å². The zero-order chi connectivity index (χ0) is 14.1. The van der Waals surface area contributed by atoms with E-state index >= 15 is 0 Å². The number of hydrogen-bond donors (Lipinski definition) is 2. The van der Waals surface area contributed by atoms with Gasteiger partial charge in [0.2, 0.25) is 0 Å². The highest BCUT2D eigenvalue weighted by molar-refractivity contribution is 7.99. The van der Waals surface area contributed by atoms with Gasteiger partial charge < -0.3 is 15.2 Å². The minimum absolute atomic E-state index is 0.217. The van der Waals surface area contributed by atoms with E-state index in [-0.39, 0.29) is 6.61 Å². The summed E-state index contributed by atoms with van der Waals surface area (Å²) in [5, 5.41) is 13.2. The average Bonchev–Trinajstić information content (AvgIpc) is 2.42. The van der Waals surface area contributed by atoms with Crippen molar-refractivity contribution in [2.24, 2.45) is 5.92 Å². The van der Waals surface area contributed by atoms with Gasteiger partial charge in [-0.15, -0.1) is 11.8 Å². The van der Waals surface area contributed by atoms with Crippen LogP contribution in [0.4, 0.5) is 0 Å². The Balaban J connectivity index is 2.58. The summed E-state index contributed by atoms with van der Waals surface area (Å²) in [6.07, 6.45) is 0. The summed E-state index contributed by atoms with van der Waals surface area (Å²) >= 11 is 7.79. The molecular weight excluding hydrogens is 282 g/mol. The summed E-state index contributed by atoms with van der Waals surface area (Å²) in [7, 11) is 1.70. The molecule has 1 atom stereocenters. The maximum Gasteiger partial charge on any atom is 0.0587 e. The number of methoxy groups -OCH3 is 1. The van der Waals surface area contributed by atoms with Crippen molar-refractivity contribution in [2.45, 2.75) is 18.4 Å². The van der Waals surface area contributed by atoms with Crippen molar-refractivity contribution < 1.29 is 9.84 Å². The molecule has 5 heteroatoms. The third kappa shape index (κ3) is 6.63. The summed E-state index contributed by atoms with van der Waals surface area (Å²) in [5.41, 5.74) is 1.23. The molecule has 2 N–H and O–H groups in total. The van der Waals surface area contributed by atoms with Crippen molar-refractivity contribution in [1.29, 1.82) is 0 Å². The van der Waals surface area contributed by atoms with Gasteiger partial charge >= 0.3 is 0 Å². The van der Waals surface area contributed by atoms with Crippen LogP contribution in [0.3, 0.4) is 0 Å². The Morgan fingerprint density at radius 1 is 1.47 bits per heavy atom. The molecule has 0 saturated heterocycles. The molecular formula is C14H22ClNO2S. The topological polar surface area (TPSA) is 41.5 Å². The van der Waals surface area contributed by atoms with Gasteiger partial charge in [-0.05, 0) is 23.6 Å². The van der Waals surface area contributed by atoms with Crippen LogP contribution < -0.4 is 5.32 Å².